The van der Waals surface area contributed by atoms with Gasteiger partial charge in [-0.15, -0.1) is 0 Å². The molecule has 0 aromatic rings. The summed E-state index contributed by atoms with van der Waals surface area (Å²) in [6, 6.07) is 0. The number of carbonyl (C=O) groups is 1. The third-order valence-electron chi connectivity index (χ3n) is 1.34. The molecule has 0 aromatic carbocycles. The van der Waals surface area contributed by atoms with E-state index in [1.54, 1.807) is 0 Å². The van der Waals surface area contributed by atoms with Crippen LogP contribution in [-0.2, 0) is 19.1 Å². The van der Waals surface area contributed by atoms with Crippen LogP contribution in [0.2, 0.25) is 0 Å². The van der Waals surface area contributed by atoms with Crippen molar-refractivity contribution in [2.75, 3.05) is 12.4 Å². The molecular formula is C7H14O6S. The lowest BCUT2D eigenvalue weighted by Gasteiger charge is -2.09. The van der Waals surface area contributed by atoms with Gasteiger partial charge >= 0.3 is 16.1 Å². The summed E-state index contributed by atoms with van der Waals surface area (Å²) in [6.45, 7) is 0.850. The van der Waals surface area contributed by atoms with E-state index in [1.165, 1.54) is 0 Å². The fourth-order valence-corrected chi connectivity index (χ4v) is 1.92. The highest BCUT2D eigenvalue weighted by atomic mass is 32.2. The zero-order valence-electron chi connectivity index (χ0n) is 7.84. The summed E-state index contributed by atoms with van der Waals surface area (Å²) in [4.78, 5) is 10.3. The molecule has 0 aliphatic carbocycles. The second-order valence-corrected chi connectivity index (χ2v) is 4.43. The highest BCUT2D eigenvalue weighted by Crippen LogP contribution is 2.03. The maximum atomic E-state index is 10.9. The summed E-state index contributed by atoms with van der Waals surface area (Å²) < 4.78 is 25.9. The highest BCUT2D eigenvalue weighted by Gasteiger charge is 2.19. The van der Waals surface area contributed by atoms with E-state index in [4.69, 9.17) is 10.2 Å². The number of rotatable bonds is 6. The van der Waals surface area contributed by atoms with Crippen molar-refractivity contribution in [2.45, 2.75) is 25.9 Å². The maximum absolute atomic E-state index is 10.9. The lowest BCUT2D eigenvalue weighted by Crippen LogP contribution is -2.24. The van der Waals surface area contributed by atoms with Gasteiger partial charge in [0.15, 0.2) is 0 Å². The standard InChI is InChI=1S/C7H14O6S/c1-6(9)13-14(11,12)5-7(10)3-2-4-8/h7-8,10H,2-5H2,1H3. The predicted molar refractivity (Wildman–Crippen MR) is 47.9 cm³/mol. The lowest BCUT2D eigenvalue weighted by molar-refractivity contribution is -0.131. The molecule has 6 nitrogen and oxygen atoms in total. The first kappa shape index (κ1) is 13.3. The van der Waals surface area contributed by atoms with E-state index in [1.807, 2.05) is 0 Å². The Morgan fingerprint density at radius 3 is 2.50 bits per heavy atom. The molecule has 0 heterocycles. The Labute approximate surface area is 82.6 Å². The molecule has 0 fully saturated rings. The van der Waals surface area contributed by atoms with Gasteiger partial charge in [0.2, 0.25) is 0 Å². The van der Waals surface area contributed by atoms with Crippen LogP contribution < -0.4 is 0 Å². The van der Waals surface area contributed by atoms with Crippen LogP contribution in [0.1, 0.15) is 19.8 Å². The summed E-state index contributed by atoms with van der Waals surface area (Å²) in [6.07, 6.45) is -0.667. The van der Waals surface area contributed by atoms with Gasteiger partial charge in [-0.25, -0.2) is 0 Å². The highest BCUT2D eigenvalue weighted by molar-refractivity contribution is 7.87. The van der Waals surface area contributed by atoms with E-state index >= 15 is 0 Å². The fraction of sp³-hybridized carbons (Fsp3) is 0.857. The maximum Gasteiger partial charge on any atom is 0.319 e. The van der Waals surface area contributed by atoms with Crippen LogP contribution in [0.4, 0.5) is 0 Å². The second-order valence-electron chi connectivity index (χ2n) is 2.82. The summed E-state index contributed by atoms with van der Waals surface area (Å²) >= 11 is 0. The van der Waals surface area contributed by atoms with Crippen molar-refractivity contribution in [3.63, 3.8) is 0 Å². The van der Waals surface area contributed by atoms with Crippen molar-refractivity contribution in [1.82, 2.24) is 0 Å². The molecule has 7 heteroatoms. The number of hydrogen-bond donors (Lipinski definition) is 2. The van der Waals surface area contributed by atoms with Gasteiger partial charge in [0.1, 0.15) is 5.75 Å². The first-order valence-electron chi connectivity index (χ1n) is 4.09. The topological polar surface area (TPSA) is 101 Å². The van der Waals surface area contributed by atoms with E-state index in [9.17, 15) is 13.2 Å². The molecule has 0 aliphatic heterocycles. The van der Waals surface area contributed by atoms with Gasteiger partial charge in [0.05, 0.1) is 6.10 Å². The van der Waals surface area contributed by atoms with Crippen LogP contribution in [0.25, 0.3) is 0 Å². The van der Waals surface area contributed by atoms with E-state index in [0.717, 1.165) is 6.92 Å². The third-order valence-corrected chi connectivity index (χ3v) is 2.62. The van der Waals surface area contributed by atoms with Gasteiger partial charge in [-0.1, -0.05) is 0 Å². The average Bonchev–Trinajstić information content (AvgIpc) is 1.96. The Morgan fingerprint density at radius 2 is 2.07 bits per heavy atom. The summed E-state index contributed by atoms with van der Waals surface area (Å²) in [7, 11) is -3.99. The number of carbonyl (C=O) groups excluding carboxylic acids is 1. The van der Waals surface area contributed by atoms with E-state index < -0.39 is 27.9 Å². The molecule has 1 unspecified atom stereocenters. The molecule has 0 saturated carbocycles. The molecule has 0 bridgehead atoms. The Balaban J connectivity index is 4.02. The van der Waals surface area contributed by atoms with Gasteiger partial charge in [0.25, 0.3) is 0 Å². The molecule has 0 rings (SSSR count). The smallest absolute Gasteiger partial charge is 0.319 e. The molecule has 0 radical (unpaired) electrons. The summed E-state index contributed by atoms with van der Waals surface area (Å²) in [5.74, 6) is -1.56. The largest absolute Gasteiger partial charge is 0.396 e. The van der Waals surface area contributed by atoms with Crippen molar-refractivity contribution in [1.29, 1.82) is 0 Å². The molecule has 0 aromatic heterocycles. The predicted octanol–water partition coefficient (Wildman–Crippen LogP) is -0.987. The Kier molecular flexibility index (Phi) is 5.66. The zero-order chi connectivity index (χ0) is 11.2. The van der Waals surface area contributed by atoms with E-state index in [0.29, 0.717) is 6.42 Å². The Hall–Kier alpha value is -0.660. The number of hydrogen-bond acceptors (Lipinski definition) is 6. The Bertz CT molecular complexity index is 270. The van der Waals surface area contributed by atoms with Crippen LogP contribution in [0.5, 0.6) is 0 Å². The van der Waals surface area contributed by atoms with Crippen LogP contribution in [0, 0.1) is 0 Å². The van der Waals surface area contributed by atoms with Gasteiger partial charge < -0.3 is 14.4 Å². The third kappa shape index (κ3) is 6.81. The Morgan fingerprint density at radius 1 is 1.50 bits per heavy atom. The number of aliphatic hydroxyl groups excluding tert-OH is 2. The van der Waals surface area contributed by atoms with Crippen molar-refractivity contribution < 1.29 is 27.6 Å². The molecule has 14 heavy (non-hydrogen) atoms. The van der Waals surface area contributed by atoms with Crippen molar-refractivity contribution in [3.05, 3.63) is 0 Å². The minimum atomic E-state index is -3.99. The van der Waals surface area contributed by atoms with Gasteiger partial charge in [-0.3, -0.25) is 4.79 Å². The van der Waals surface area contributed by atoms with Crippen molar-refractivity contribution >= 4 is 16.1 Å². The molecule has 0 saturated heterocycles. The van der Waals surface area contributed by atoms with Gasteiger partial charge in [-0.05, 0) is 12.8 Å². The molecule has 0 spiro atoms. The zero-order valence-corrected chi connectivity index (χ0v) is 8.66. The monoisotopic (exact) mass is 226 g/mol. The molecule has 84 valence electrons. The van der Waals surface area contributed by atoms with E-state index in [2.05, 4.69) is 4.18 Å². The minimum Gasteiger partial charge on any atom is -0.396 e. The first-order chi connectivity index (χ1) is 6.37. The molecule has 1 atom stereocenters. The molecule has 0 aliphatic rings. The minimum absolute atomic E-state index is 0.120. The average molecular weight is 226 g/mol. The van der Waals surface area contributed by atoms with Crippen LogP contribution in [-0.4, -0.2) is 43.1 Å². The van der Waals surface area contributed by atoms with Gasteiger partial charge in [-0.2, -0.15) is 8.42 Å². The summed E-state index contributed by atoms with van der Waals surface area (Å²) in [5.41, 5.74) is 0. The van der Waals surface area contributed by atoms with Crippen LogP contribution in [0.3, 0.4) is 0 Å². The van der Waals surface area contributed by atoms with Gasteiger partial charge in [0, 0.05) is 13.5 Å². The second kappa shape index (κ2) is 5.94. The first-order valence-corrected chi connectivity index (χ1v) is 5.67. The van der Waals surface area contributed by atoms with Crippen molar-refractivity contribution in [2.24, 2.45) is 0 Å². The number of aliphatic hydroxyl groups is 2. The van der Waals surface area contributed by atoms with E-state index in [-0.39, 0.29) is 13.0 Å². The quantitative estimate of drug-likeness (QED) is 0.564. The van der Waals surface area contributed by atoms with Crippen molar-refractivity contribution in [3.8, 4) is 0 Å². The molecular weight excluding hydrogens is 212 g/mol. The fourth-order valence-electron chi connectivity index (χ4n) is 0.859. The van der Waals surface area contributed by atoms with Crippen LogP contribution >= 0.6 is 0 Å². The molecule has 0 amide bonds. The van der Waals surface area contributed by atoms with Crippen LogP contribution in [0.15, 0.2) is 0 Å². The SMILES string of the molecule is CC(=O)OS(=O)(=O)CC(O)CCCO. The lowest BCUT2D eigenvalue weighted by atomic mass is 10.2. The molecule has 2 N–H and O–H groups in total. The summed E-state index contributed by atoms with van der Waals surface area (Å²) in [5, 5.41) is 17.6. The normalized spacial score (nSPS) is 13.6.